The SMILES string of the molecule is Cc1ccccc1NC1CCN(CCC2(CCO[Si](c3ccccc3)(c3ccccc3)C(C)(C)C)CCN(Cc3ccccc3)CC2)CC1. The zero-order valence-electron chi connectivity index (χ0n) is 30.5. The Bertz CT molecular complexity index is 1520. The van der Waals surface area contributed by atoms with Crippen LogP contribution in [0, 0.1) is 12.3 Å². The summed E-state index contributed by atoms with van der Waals surface area (Å²) in [4.78, 5) is 5.43. The predicted octanol–water partition coefficient (Wildman–Crippen LogP) is 8.51. The topological polar surface area (TPSA) is 27.7 Å². The average molecular weight is 674 g/mol. The van der Waals surface area contributed by atoms with Gasteiger partial charge in [0.2, 0.25) is 0 Å². The Labute approximate surface area is 298 Å². The molecule has 6 rings (SSSR count). The van der Waals surface area contributed by atoms with Crippen LogP contribution in [0.4, 0.5) is 5.69 Å². The van der Waals surface area contributed by atoms with Crippen molar-refractivity contribution in [3.8, 4) is 0 Å². The highest BCUT2D eigenvalue weighted by Gasteiger charge is 2.50. The van der Waals surface area contributed by atoms with Gasteiger partial charge in [-0.15, -0.1) is 0 Å². The first-order valence-electron chi connectivity index (χ1n) is 18.8. The van der Waals surface area contributed by atoms with Crippen LogP contribution in [0.5, 0.6) is 0 Å². The Balaban J connectivity index is 1.15. The summed E-state index contributed by atoms with van der Waals surface area (Å²) in [5.74, 6) is 0. The lowest BCUT2D eigenvalue weighted by Crippen LogP contribution is -2.66. The summed E-state index contributed by atoms with van der Waals surface area (Å²) in [6.45, 7) is 17.1. The molecule has 0 radical (unpaired) electrons. The van der Waals surface area contributed by atoms with E-state index in [2.05, 4.69) is 158 Å². The number of rotatable bonds is 13. The van der Waals surface area contributed by atoms with Crippen LogP contribution in [0.3, 0.4) is 0 Å². The number of aryl methyl sites for hydroxylation is 1. The lowest BCUT2D eigenvalue weighted by atomic mass is 9.73. The van der Waals surface area contributed by atoms with E-state index < -0.39 is 8.32 Å². The van der Waals surface area contributed by atoms with Gasteiger partial charge in [-0.1, -0.05) is 130 Å². The maximum atomic E-state index is 7.49. The van der Waals surface area contributed by atoms with Gasteiger partial charge in [-0.3, -0.25) is 4.90 Å². The third-order valence-corrected chi connectivity index (χ3v) is 16.6. The Morgan fingerprint density at radius 2 is 1.24 bits per heavy atom. The van der Waals surface area contributed by atoms with E-state index in [-0.39, 0.29) is 5.04 Å². The van der Waals surface area contributed by atoms with Gasteiger partial charge in [-0.05, 0) is 103 Å². The fourth-order valence-corrected chi connectivity index (χ4v) is 13.0. The molecule has 0 spiro atoms. The van der Waals surface area contributed by atoms with Gasteiger partial charge in [0.05, 0.1) is 0 Å². The van der Waals surface area contributed by atoms with Crippen molar-refractivity contribution in [2.45, 2.75) is 83.8 Å². The molecule has 2 aliphatic heterocycles. The highest BCUT2D eigenvalue weighted by molar-refractivity contribution is 6.99. The Hall–Kier alpha value is -3.22. The van der Waals surface area contributed by atoms with Crippen molar-refractivity contribution in [2.24, 2.45) is 5.41 Å². The average Bonchev–Trinajstić information content (AvgIpc) is 3.12. The molecule has 0 amide bonds. The molecule has 0 atom stereocenters. The van der Waals surface area contributed by atoms with Crippen LogP contribution in [0.1, 0.15) is 70.4 Å². The second-order valence-electron chi connectivity index (χ2n) is 15.8. The molecule has 260 valence electrons. The summed E-state index contributed by atoms with van der Waals surface area (Å²) in [7, 11) is -2.56. The van der Waals surface area contributed by atoms with Crippen LogP contribution >= 0.6 is 0 Å². The zero-order chi connectivity index (χ0) is 34.2. The number of hydrogen-bond donors (Lipinski definition) is 1. The molecule has 4 nitrogen and oxygen atoms in total. The lowest BCUT2D eigenvalue weighted by Gasteiger charge is -2.46. The van der Waals surface area contributed by atoms with Gasteiger partial charge < -0.3 is 14.6 Å². The molecule has 4 aromatic carbocycles. The number of hydrogen-bond acceptors (Lipinski definition) is 4. The summed E-state index contributed by atoms with van der Waals surface area (Å²) in [5.41, 5.74) is 4.36. The zero-order valence-corrected chi connectivity index (χ0v) is 31.5. The van der Waals surface area contributed by atoms with E-state index in [1.807, 2.05) is 0 Å². The maximum Gasteiger partial charge on any atom is 0.261 e. The molecule has 4 aromatic rings. The van der Waals surface area contributed by atoms with Crippen LogP contribution < -0.4 is 15.7 Å². The molecule has 49 heavy (non-hydrogen) atoms. The monoisotopic (exact) mass is 673 g/mol. The van der Waals surface area contributed by atoms with Crippen molar-refractivity contribution in [2.75, 3.05) is 44.6 Å². The normalized spacial score (nSPS) is 18.0. The first kappa shape index (κ1) is 35.6. The minimum absolute atomic E-state index is 0.00140. The molecule has 2 heterocycles. The van der Waals surface area contributed by atoms with E-state index in [9.17, 15) is 0 Å². The summed E-state index contributed by atoms with van der Waals surface area (Å²) in [6.07, 6.45) is 7.30. The highest BCUT2D eigenvalue weighted by Crippen LogP contribution is 2.42. The quantitative estimate of drug-likeness (QED) is 0.144. The van der Waals surface area contributed by atoms with E-state index in [1.54, 1.807) is 0 Å². The third kappa shape index (κ3) is 8.75. The molecule has 0 aromatic heterocycles. The van der Waals surface area contributed by atoms with Crippen molar-refractivity contribution in [3.63, 3.8) is 0 Å². The third-order valence-electron chi connectivity index (χ3n) is 11.6. The van der Waals surface area contributed by atoms with Gasteiger partial charge in [0.25, 0.3) is 8.32 Å². The first-order valence-corrected chi connectivity index (χ1v) is 20.7. The molecule has 0 saturated carbocycles. The predicted molar refractivity (Wildman–Crippen MR) is 210 cm³/mol. The van der Waals surface area contributed by atoms with Gasteiger partial charge in [-0.25, -0.2) is 0 Å². The first-order chi connectivity index (χ1) is 23.8. The minimum Gasteiger partial charge on any atom is -0.407 e. The summed E-state index contributed by atoms with van der Waals surface area (Å²) in [6, 6.07) is 42.6. The minimum atomic E-state index is -2.56. The molecule has 0 aliphatic carbocycles. The summed E-state index contributed by atoms with van der Waals surface area (Å²) in [5, 5.41) is 6.60. The smallest absolute Gasteiger partial charge is 0.261 e. The van der Waals surface area contributed by atoms with E-state index in [4.69, 9.17) is 4.43 Å². The van der Waals surface area contributed by atoms with Gasteiger partial charge in [0, 0.05) is 38.0 Å². The fourth-order valence-electron chi connectivity index (χ4n) is 8.49. The van der Waals surface area contributed by atoms with Crippen LogP contribution in [0.2, 0.25) is 5.04 Å². The number of nitrogens with zero attached hydrogens (tertiary/aromatic N) is 2. The van der Waals surface area contributed by atoms with E-state index in [1.165, 1.54) is 78.9 Å². The van der Waals surface area contributed by atoms with Gasteiger partial charge in [-0.2, -0.15) is 0 Å². The van der Waals surface area contributed by atoms with E-state index in [0.29, 0.717) is 11.5 Å². The number of benzene rings is 4. The Kier molecular flexibility index (Phi) is 11.8. The summed E-state index contributed by atoms with van der Waals surface area (Å²) >= 11 is 0. The van der Waals surface area contributed by atoms with Crippen molar-refractivity contribution in [1.29, 1.82) is 0 Å². The number of para-hydroxylation sites is 1. The molecule has 0 bridgehead atoms. The van der Waals surface area contributed by atoms with Crippen LogP contribution in [-0.2, 0) is 11.0 Å². The number of piperidine rings is 2. The van der Waals surface area contributed by atoms with Crippen molar-refractivity contribution >= 4 is 24.4 Å². The second-order valence-corrected chi connectivity index (χ2v) is 20.2. The molecule has 5 heteroatoms. The van der Waals surface area contributed by atoms with Crippen molar-refractivity contribution < 1.29 is 4.43 Å². The molecule has 2 saturated heterocycles. The number of likely N-dealkylation sites (tertiary alicyclic amines) is 2. The maximum absolute atomic E-state index is 7.49. The van der Waals surface area contributed by atoms with Crippen LogP contribution in [-0.4, -0.2) is 63.5 Å². The Morgan fingerprint density at radius 3 is 1.82 bits per heavy atom. The summed E-state index contributed by atoms with van der Waals surface area (Å²) < 4.78 is 7.49. The lowest BCUT2D eigenvalue weighted by molar-refractivity contribution is 0.0540. The molecule has 1 N–H and O–H groups in total. The fraction of sp³-hybridized carbons (Fsp3) is 0.455. The van der Waals surface area contributed by atoms with Gasteiger partial charge in [0.15, 0.2) is 0 Å². The van der Waals surface area contributed by atoms with Crippen LogP contribution in [0.15, 0.2) is 115 Å². The van der Waals surface area contributed by atoms with Crippen LogP contribution in [0.25, 0.3) is 0 Å². The highest BCUT2D eigenvalue weighted by atomic mass is 28.4. The van der Waals surface area contributed by atoms with E-state index in [0.717, 1.165) is 32.7 Å². The molecular weight excluding hydrogens is 615 g/mol. The largest absolute Gasteiger partial charge is 0.407 e. The van der Waals surface area contributed by atoms with Crippen molar-refractivity contribution in [3.05, 3.63) is 126 Å². The van der Waals surface area contributed by atoms with Gasteiger partial charge in [0.1, 0.15) is 0 Å². The van der Waals surface area contributed by atoms with E-state index >= 15 is 0 Å². The van der Waals surface area contributed by atoms with Gasteiger partial charge >= 0.3 is 0 Å². The number of anilines is 1. The number of nitrogens with one attached hydrogen (secondary N) is 1. The standard InChI is InChI=1S/C44H59N3OSi/c1-37-16-14-15-23-42(37)45-39-24-30-46(31-25-39)32-26-44(27-33-47(34-28-44)36-38-17-8-5-9-18-38)29-35-48-49(43(2,3)4,40-19-10-6-11-20-40)41-21-12-7-13-22-41/h5-23,39,45H,24-36H2,1-4H3. The Morgan fingerprint density at radius 1 is 0.694 bits per heavy atom. The molecule has 0 unspecified atom stereocenters. The second kappa shape index (κ2) is 16.2. The molecular formula is C44H59N3OSi. The molecule has 2 aliphatic rings. The van der Waals surface area contributed by atoms with Crippen molar-refractivity contribution in [1.82, 2.24) is 9.80 Å². The molecule has 2 fully saturated rings.